The summed E-state index contributed by atoms with van der Waals surface area (Å²) in [4.78, 5) is 20.2. The van der Waals surface area contributed by atoms with E-state index in [0.717, 1.165) is 17.3 Å². The molecule has 0 N–H and O–H groups in total. The van der Waals surface area contributed by atoms with E-state index in [9.17, 15) is 4.79 Å². The number of aromatic nitrogens is 1. The molecule has 0 radical (unpaired) electrons. The molecule has 1 aromatic heterocycles. The first-order chi connectivity index (χ1) is 9.49. The van der Waals surface area contributed by atoms with Gasteiger partial charge >= 0.3 is 0 Å². The maximum Gasteiger partial charge on any atom is 0.272 e. The van der Waals surface area contributed by atoms with Crippen molar-refractivity contribution in [1.29, 1.82) is 0 Å². The van der Waals surface area contributed by atoms with Crippen molar-refractivity contribution in [2.24, 2.45) is 0 Å². The monoisotopic (exact) mass is 291 g/mol. The van der Waals surface area contributed by atoms with E-state index >= 15 is 0 Å². The van der Waals surface area contributed by atoms with Crippen molar-refractivity contribution in [3.8, 4) is 0 Å². The van der Waals surface area contributed by atoms with Crippen molar-refractivity contribution in [1.82, 2.24) is 14.8 Å². The molecule has 1 amide bonds. The van der Waals surface area contributed by atoms with Gasteiger partial charge in [0.25, 0.3) is 5.91 Å². The summed E-state index contributed by atoms with van der Waals surface area (Å²) in [6, 6.07) is 9.44. The van der Waals surface area contributed by atoms with Gasteiger partial charge in [-0.1, -0.05) is 35.9 Å². The van der Waals surface area contributed by atoms with E-state index < -0.39 is 0 Å². The van der Waals surface area contributed by atoms with Gasteiger partial charge in [0, 0.05) is 25.5 Å². The van der Waals surface area contributed by atoms with E-state index in [1.165, 1.54) is 0 Å². The minimum atomic E-state index is -0.112. The van der Waals surface area contributed by atoms with Gasteiger partial charge in [-0.05, 0) is 25.5 Å². The number of fused-ring (bicyclic) bond motifs is 1. The van der Waals surface area contributed by atoms with Crippen LogP contribution < -0.4 is 0 Å². The quantitative estimate of drug-likeness (QED) is 0.812. The molecule has 0 saturated carbocycles. The molecule has 20 heavy (non-hydrogen) atoms. The molecule has 5 heteroatoms. The summed E-state index contributed by atoms with van der Waals surface area (Å²) in [5, 5.41) is 2.16. The van der Waals surface area contributed by atoms with E-state index in [1.54, 1.807) is 18.0 Å². The van der Waals surface area contributed by atoms with Crippen LogP contribution in [0.3, 0.4) is 0 Å². The van der Waals surface area contributed by atoms with Crippen molar-refractivity contribution in [3.63, 3.8) is 0 Å². The number of carbonyl (C=O) groups is 1. The fraction of sp³-hybridized carbons (Fsp3) is 0.333. The summed E-state index contributed by atoms with van der Waals surface area (Å²) < 4.78 is 0. The first-order valence-corrected chi connectivity index (χ1v) is 6.82. The SMILES string of the molecule is CN(C)CCN(C)C(=O)c1cc2ccccc2c(Cl)n1. The number of carbonyl (C=O) groups excluding carboxylic acids is 1. The highest BCUT2D eigenvalue weighted by molar-refractivity contribution is 6.34. The van der Waals surface area contributed by atoms with Gasteiger partial charge in [-0.15, -0.1) is 0 Å². The van der Waals surface area contributed by atoms with Crippen molar-refractivity contribution >= 4 is 28.3 Å². The average molecular weight is 292 g/mol. The molecule has 0 bridgehead atoms. The lowest BCUT2D eigenvalue weighted by Gasteiger charge is -2.19. The van der Waals surface area contributed by atoms with Crippen LogP contribution in [0.4, 0.5) is 0 Å². The fourth-order valence-corrected chi connectivity index (χ4v) is 2.18. The first kappa shape index (κ1) is 14.8. The Morgan fingerprint density at radius 1 is 1.20 bits per heavy atom. The lowest BCUT2D eigenvalue weighted by molar-refractivity contribution is 0.0781. The van der Waals surface area contributed by atoms with E-state index in [4.69, 9.17) is 11.6 Å². The summed E-state index contributed by atoms with van der Waals surface area (Å²) in [7, 11) is 5.73. The Bertz CT molecular complexity index is 628. The molecular weight excluding hydrogens is 274 g/mol. The van der Waals surface area contributed by atoms with Gasteiger partial charge < -0.3 is 9.80 Å². The molecule has 0 fully saturated rings. The molecule has 0 aliphatic rings. The van der Waals surface area contributed by atoms with Crippen molar-refractivity contribution in [2.45, 2.75) is 0 Å². The second-order valence-electron chi connectivity index (χ2n) is 5.05. The smallest absolute Gasteiger partial charge is 0.272 e. The van der Waals surface area contributed by atoms with Gasteiger partial charge in [0.15, 0.2) is 0 Å². The Balaban J connectivity index is 2.26. The number of hydrogen-bond acceptors (Lipinski definition) is 3. The fourth-order valence-electron chi connectivity index (χ4n) is 1.91. The third-order valence-electron chi connectivity index (χ3n) is 3.14. The van der Waals surface area contributed by atoms with Gasteiger partial charge in [0.1, 0.15) is 10.8 Å². The maximum absolute atomic E-state index is 12.3. The number of hydrogen-bond donors (Lipinski definition) is 0. The van der Waals surface area contributed by atoms with Crippen LogP contribution in [-0.4, -0.2) is 54.9 Å². The van der Waals surface area contributed by atoms with Crippen LogP contribution in [0.5, 0.6) is 0 Å². The zero-order valence-corrected chi connectivity index (χ0v) is 12.7. The van der Waals surface area contributed by atoms with E-state index in [-0.39, 0.29) is 5.91 Å². The van der Waals surface area contributed by atoms with Crippen LogP contribution in [0.25, 0.3) is 10.8 Å². The number of nitrogens with zero attached hydrogens (tertiary/aromatic N) is 3. The molecule has 0 atom stereocenters. The van der Waals surface area contributed by atoms with Gasteiger partial charge in [-0.25, -0.2) is 4.98 Å². The third-order valence-corrected chi connectivity index (χ3v) is 3.43. The first-order valence-electron chi connectivity index (χ1n) is 6.44. The highest BCUT2D eigenvalue weighted by Gasteiger charge is 2.15. The zero-order chi connectivity index (χ0) is 14.7. The molecule has 0 aliphatic carbocycles. The maximum atomic E-state index is 12.3. The lowest BCUT2D eigenvalue weighted by atomic mass is 10.1. The van der Waals surface area contributed by atoms with E-state index in [1.807, 2.05) is 43.3 Å². The van der Waals surface area contributed by atoms with Crippen LogP contribution in [0.15, 0.2) is 30.3 Å². The van der Waals surface area contributed by atoms with Crippen molar-refractivity contribution in [3.05, 3.63) is 41.2 Å². The minimum Gasteiger partial charge on any atom is -0.339 e. The van der Waals surface area contributed by atoms with Gasteiger partial charge in [-0.3, -0.25) is 4.79 Å². The van der Waals surface area contributed by atoms with E-state index in [2.05, 4.69) is 4.98 Å². The van der Waals surface area contributed by atoms with Gasteiger partial charge in [-0.2, -0.15) is 0 Å². The Morgan fingerprint density at radius 3 is 2.60 bits per heavy atom. The number of halogens is 1. The third kappa shape index (κ3) is 3.26. The molecule has 0 unspecified atom stereocenters. The Labute approximate surface area is 124 Å². The topological polar surface area (TPSA) is 36.4 Å². The second kappa shape index (κ2) is 6.20. The normalized spacial score (nSPS) is 11.1. The predicted octanol–water partition coefficient (Wildman–Crippen LogP) is 2.52. The van der Waals surface area contributed by atoms with Crippen molar-refractivity contribution < 1.29 is 4.79 Å². The van der Waals surface area contributed by atoms with Gasteiger partial charge in [0.05, 0.1) is 0 Å². The van der Waals surface area contributed by atoms with Crippen LogP contribution in [-0.2, 0) is 0 Å². The molecule has 1 aromatic carbocycles. The number of pyridine rings is 1. The molecule has 1 heterocycles. The van der Waals surface area contributed by atoms with Crippen LogP contribution in [0.2, 0.25) is 5.15 Å². The lowest BCUT2D eigenvalue weighted by Crippen LogP contribution is -2.33. The molecule has 106 valence electrons. The second-order valence-corrected chi connectivity index (χ2v) is 5.41. The highest BCUT2D eigenvalue weighted by Crippen LogP contribution is 2.22. The number of benzene rings is 1. The van der Waals surface area contributed by atoms with Crippen LogP contribution in [0.1, 0.15) is 10.5 Å². The highest BCUT2D eigenvalue weighted by atomic mass is 35.5. The van der Waals surface area contributed by atoms with Crippen molar-refractivity contribution in [2.75, 3.05) is 34.2 Å². The zero-order valence-electron chi connectivity index (χ0n) is 11.9. The standard InChI is InChI=1S/C15H18ClN3O/c1-18(2)8-9-19(3)15(20)13-10-11-6-4-5-7-12(11)14(16)17-13/h4-7,10H,8-9H2,1-3H3. The molecule has 0 aliphatic heterocycles. The molecule has 0 saturated heterocycles. The largest absolute Gasteiger partial charge is 0.339 e. The number of amides is 1. The summed E-state index contributed by atoms with van der Waals surface area (Å²) in [5.74, 6) is -0.112. The molecular formula is C15H18ClN3O. The summed E-state index contributed by atoms with van der Waals surface area (Å²) in [5.41, 5.74) is 0.384. The summed E-state index contributed by atoms with van der Waals surface area (Å²) in [6.07, 6.45) is 0. The summed E-state index contributed by atoms with van der Waals surface area (Å²) >= 11 is 6.15. The molecule has 2 aromatic rings. The predicted molar refractivity (Wildman–Crippen MR) is 82.3 cm³/mol. The van der Waals surface area contributed by atoms with Crippen LogP contribution in [0, 0.1) is 0 Å². The molecule has 2 rings (SSSR count). The van der Waals surface area contributed by atoms with Gasteiger partial charge in [0.2, 0.25) is 0 Å². The van der Waals surface area contributed by atoms with E-state index in [0.29, 0.717) is 17.4 Å². The Kier molecular flexibility index (Phi) is 4.57. The molecule has 4 nitrogen and oxygen atoms in total. The average Bonchev–Trinajstić information content (AvgIpc) is 2.43. The Morgan fingerprint density at radius 2 is 1.90 bits per heavy atom. The Hall–Kier alpha value is -1.65. The minimum absolute atomic E-state index is 0.112. The molecule has 0 spiro atoms. The number of likely N-dealkylation sites (N-methyl/N-ethyl adjacent to an activating group) is 2. The summed E-state index contributed by atoms with van der Waals surface area (Å²) in [6.45, 7) is 1.46. The van der Waals surface area contributed by atoms with Crippen LogP contribution >= 0.6 is 11.6 Å². The number of rotatable bonds is 4.